The van der Waals surface area contributed by atoms with Gasteiger partial charge < -0.3 is 20.1 Å². The average molecular weight is 691 g/mol. The Kier molecular flexibility index (Phi) is 11.5. The van der Waals surface area contributed by atoms with Crippen molar-refractivity contribution in [3.8, 4) is 23.6 Å². The van der Waals surface area contributed by atoms with Gasteiger partial charge in [0.05, 0.1) is 9.79 Å². The predicted molar refractivity (Wildman–Crippen MR) is 169 cm³/mol. The Labute approximate surface area is 277 Å². The number of halogens is 4. The molecule has 4 rings (SSSR count). The van der Waals surface area contributed by atoms with Gasteiger partial charge >= 0.3 is 13.2 Å². The van der Waals surface area contributed by atoms with E-state index in [4.69, 9.17) is 0 Å². The zero-order valence-electron chi connectivity index (χ0n) is 24.8. The van der Waals surface area contributed by atoms with Gasteiger partial charge in [-0.25, -0.2) is 8.42 Å². The fraction of sp³-hybridized carbons (Fsp3) is 0.0588. The van der Waals surface area contributed by atoms with E-state index in [0.29, 0.717) is 11.1 Å². The van der Waals surface area contributed by atoms with Crippen LogP contribution in [0.2, 0.25) is 0 Å². The highest BCUT2D eigenvalue weighted by atomic mass is 32.2. The van der Waals surface area contributed by atoms with Crippen molar-refractivity contribution in [2.75, 3.05) is 10.6 Å². The molecular formula is C34H22F4N4O6S. The number of rotatable bonds is 12. The molecule has 0 spiro atoms. The number of benzene rings is 4. The predicted octanol–water partition coefficient (Wildman–Crippen LogP) is 6.81. The number of alkyl halides is 4. The largest absolute Gasteiger partial charge is 0.435 e. The molecule has 0 atom stereocenters. The van der Waals surface area contributed by atoms with E-state index in [-0.39, 0.29) is 43.8 Å². The highest BCUT2D eigenvalue weighted by Crippen LogP contribution is 2.25. The molecule has 0 aliphatic heterocycles. The van der Waals surface area contributed by atoms with E-state index < -0.39 is 34.9 Å². The van der Waals surface area contributed by atoms with E-state index in [1.807, 2.05) is 0 Å². The summed E-state index contributed by atoms with van der Waals surface area (Å²) in [6.45, 7) is -6.00. The van der Waals surface area contributed by atoms with Crippen molar-refractivity contribution in [3.05, 3.63) is 119 Å². The molecule has 0 aromatic heterocycles. The summed E-state index contributed by atoms with van der Waals surface area (Å²) in [4.78, 5) is 25.1. The minimum atomic E-state index is -4.04. The second-order valence-corrected chi connectivity index (χ2v) is 11.6. The highest BCUT2D eigenvalue weighted by Gasteiger charge is 2.19. The zero-order valence-corrected chi connectivity index (χ0v) is 25.6. The van der Waals surface area contributed by atoms with Crippen LogP contribution in [0.4, 0.5) is 28.9 Å². The van der Waals surface area contributed by atoms with Crippen LogP contribution < -0.4 is 20.1 Å². The fourth-order valence-corrected chi connectivity index (χ4v) is 5.35. The summed E-state index contributed by atoms with van der Waals surface area (Å²) in [5.74, 6) is -1.79. The first-order chi connectivity index (χ1) is 23.4. The summed E-state index contributed by atoms with van der Waals surface area (Å²) in [5.41, 5.74) is 0.496. The molecule has 49 heavy (non-hydrogen) atoms. The van der Waals surface area contributed by atoms with Gasteiger partial charge in [-0.3, -0.25) is 9.59 Å². The molecule has 0 aliphatic carbocycles. The lowest BCUT2D eigenvalue weighted by Gasteiger charge is -2.09. The molecule has 4 aromatic rings. The Morgan fingerprint density at radius 1 is 0.592 bits per heavy atom. The van der Waals surface area contributed by atoms with Crippen LogP contribution in [0.1, 0.15) is 11.1 Å². The topological polar surface area (TPSA) is 158 Å². The average Bonchev–Trinajstić information content (AvgIpc) is 3.07. The standard InChI is InChI=1S/C34H22F4N4O6S/c35-33(36)47-27-9-1-21(2-10-27)17-23(19-39)31(43)41-25-5-13-29(14-6-25)49(45,46)30-15-7-26(8-16-30)42-32(44)24(20-40)18-22-3-11-28(12-4-22)48-34(37)38/h1-18,33-34H,(H,41,43)(H,42,44). The van der Waals surface area contributed by atoms with E-state index >= 15 is 0 Å². The lowest BCUT2D eigenvalue weighted by Crippen LogP contribution is -2.14. The number of hydrogen-bond acceptors (Lipinski definition) is 8. The number of nitriles is 2. The first-order valence-electron chi connectivity index (χ1n) is 13.8. The second-order valence-electron chi connectivity index (χ2n) is 9.70. The summed E-state index contributed by atoms with van der Waals surface area (Å²) < 4.78 is 84.3. The number of ether oxygens (including phenoxy) is 2. The summed E-state index contributed by atoms with van der Waals surface area (Å²) in [5, 5.41) is 23.8. The van der Waals surface area contributed by atoms with Crippen molar-refractivity contribution in [1.82, 2.24) is 0 Å². The molecule has 0 heterocycles. The lowest BCUT2D eigenvalue weighted by atomic mass is 10.1. The van der Waals surface area contributed by atoms with Crippen molar-refractivity contribution < 1.29 is 45.0 Å². The third-order valence-electron chi connectivity index (χ3n) is 6.41. The van der Waals surface area contributed by atoms with Crippen molar-refractivity contribution >= 4 is 45.2 Å². The van der Waals surface area contributed by atoms with Crippen LogP contribution in [0.15, 0.2) is 118 Å². The van der Waals surface area contributed by atoms with Crippen LogP contribution in [0.3, 0.4) is 0 Å². The quantitative estimate of drug-likeness (QED) is 0.0932. The van der Waals surface area contributed by atoms with Gasteiger partial charge in [0.1, 0.15) is 34.8 Å². The number of nitrogens with zero attached hydrogens (tertiary/aromatic N) is 2. The van der Waals surface area contributed by atoms with E-state index in [1.165, 1.54) is 109 Å². The van der Waals surface area contributed by atoms with E-state index in [0.717, 1.165) is 0 Å². The number of amides is 2. The second kappa shape index (κ2) is 15.9. The minimum absolute atomic E-state index is 0.0975. The van der Waals surface area contributed by atoms with E-state index in [9.17, 15) is 46.1 Å². The van der Waals surface area contributed by atoms with Crippen LogP contribution in [0, 0.1) is 22.7 Å². The summed E-state index contributed by atoms with van der Waals surface area (Å²) in [6.07, 6.45) is 2.47. The Morgan fingerprint density at radius 3 is 1.20 bits per heavy atom. The maximum absolute atomic E-state index is 13.2. The van der Waals surface area contributed by atoms with Gasteiger partial charge in [0, 0.05) is 11.4 Å². The highest BCUT2D eigenvalue weighted by molar-refractivity contribution is 7.91. The van der Waals surface area contributed by atoms with Gasteiger partial charge in [-0.05, 0) is 96.1 Å². The van der Waals surface area contributed by atoms with Crippen LogP contribution in [0.5, 0.6) is 11.5 Å². The molecule has 10 nitrogen and oxygen atoms in total. The first kappa shape index (κ1) is 35.4. The van der Waals surface area contributed by atoms with Crippen molar-refractivity contribution in [3.63, 3.8) is 0 Å². The van der Waals surface area contributed by atoms with Crippen LogP contribution in [0.25, 0.3) is 12.2 Å². The van der Waals surface area contributed by atoms with Gasteiger partial charge in [0.15, 0.2) is 0 Å². The number of carbonyl (C=O) groups is 2. The molecule has 0 radical (unpaired) electrons. The van der Waals surface area contributed by atoms with Crippen LogP contribution in [-0.2, 0) is 19.4 Å². The van der Waals surface area contributed by atoms with Crippen molar-refractivity contribution in [2.24, 2.45) is 0 Å². The minimum Gasteiger partial charge on any atom is -0.435 e. The smallest absolute Gasteiger partial charge is 0.387 e. The maximum Gasteiger partial charge on any atom is 0.387 e. The number of hydrogen-bond donors (Lipinski definition) is 2. The van der Waals surface area contributed by atoms with Gasteiger partial charge in [-0.1, -0.05) is 24.3 Å². The van der Waals surface area contributed by atoms with Gasteiger partial charge in [-0.2, -0.15) is 28.1 Å². The van der Waals surface area contributed by atoms with Gasteiger partial charge in [0.25, 0.3) is 11.8 Å². The molecule has 0 bridgehead atoms. The molecule has 15 heteroatoms. The number of anilines is 2. The Hall–Kier alpha value is -6.45. The number of nitrogens with one attached hydrogen (secondary N) is 2. The normalized spacial score (nSPS) is 11.8. The molecule has 4 aromatic carbocycles. The molecule has 0 aliphatic rings. The Bertz CT molecular complexity index is 1930. The monoisotopic (exact) mass is 690 g/mol. The van der Waals surface area contributed by atoms with E-state index in [1.54, 1.807) is 12.1 Å². The zero-order chi connectivity index (χ0) is 35.6. The molecular weight excluding hydrogens is 668 g/mol. The van der Waals surface area contributed by atoms with E-state index in [2.05, 4.69) is 20.1 Å². The van der Waals surface area contributed by atoms with Crippen LogP contribution in [-0.4, -0.2) is 33.5 Å². The molecule has 2 amide bonds. The number of carbonyl (C=O) groups excluding carboxylic acids is 2. The first-order valence-corrected chi connectivity index (χ1v) is 15.3. The summed E-state index contributed by atoms with van der Waals surface area (Å²) in [7, 11) is -4.04. The van der Waals surface area contributed by atoms with Crippen molar-refractivity contribution in [2.45, 2.75) is 23.0 Å². The third-order valence-corrected chi connectivity index (χ3v) is 8.19. The molecule has 0 saturated heterocycles. The maximum atomic E-state index is 13.2. The van der Waals surface area contributed by atoms with Crippen molar-refractivity contribution in [1.29, 1.82) is 10.5 Å². The lowest BCUT2D eigenvalue weighted by molar-refractivity contribution is -0.113. The Balaban J connectivity index is 1.39. The fourth-order valence-electron chi connectivity index (χ4n) is 4.09. The molecule has 0 fully saturated rings. The number of sulfone groups is 1. The SMILES string of the molecule is N#CC(=Cc1ccc(OC(F)F)cc1)C(=O)Nc1ccc(S(=O)(=O)c2ccc(NC(=O)C(C#N)=Cc3ccc(OC(F)F)cc3)cc2)cc1. The molecule has 2 N–H and O–H groups in total. The van der Waals surface area contributed by atoms with Gasteiger partial charge in [0.2, 0.25) is 9.84 Å². The Morgan fingerprint density at radius 2 is 0.918 bits per heavy atom. The molecule has 0 unspecified atom stereocenters. The third kappa shape index (κ3) is 9.77. The van der Waals surface area contributed by atoms with Crippen LogP contribution >= 0.6 is 0 Å². The van der Waals surface area contributed by atoms with Gasteiger partial charge in [-0.15, -0.1) is 0 Å². The summed E-state index contributed by atoms with van der Waals surface area (Å²) >= 11 is 0. The molecule has 248 valence electrons. The molecule has 0 saturated carbocycles. The summed E-state index contributed by atoms with van der Waals surface area (Å²) in [6, 6.07) is 24.3.